The van der Waals surface area contributed by atoms with Crippen molar-refractivity contribution in [3.63, 3.8) is 0 Å². The topological polar surface area (TPSA) is 41.0 Å². The molecular formula is C18H19N3O. The van der Waals surface area contributed by atoms with Gasteiger partial charge in [-0.2, -0.15) is 0 Å². The van der Waals surface area contributed by atoms with Gasteiger partial charge < -0.3 is 14.5 Å². The van der Waals surface area contributed by atoms with Gasteiger partial charge in [-0.05, 0) is 36.2 Å². The van der Waals surface area contributed by atoms with Crippen LogP contribution in [0.3, 0.4) is 0 Å². The van der Waals surface area contributed by atoms with Gasteiger partial charge in [0.15, 0.2) is 0 Å². The van der Waals surface area contributed by atoms with E-state index in [4.69, 9.17) is 0 Å². The lowest BCUT2D eigenvalue weighted by Gasteiger charge is -2.25. The van der Waals surface area contributed by atoms with Crippen LogP contribution in [0.4, 0.5) is 0 Å². The number of H-pyrrole nitrogens is 1. The van der Waals surface area contributed by atoms with Crippen molar-refractivity contribution in [1.82, 2.24) is 14.5 Å². The largest absolute Gasteiger partial charge is 0.357 e. The first-order chi connectivity index (χ1) is 10.6. The number of likely N-dealkylation sites (N-methyl/N-ethyl adjacent to an activating group) is 1. The van der Waals surface area contributed by atoms with Crippen molar-refractivity contribution >= 4 is 10.9 Å². The van der Waals surface area contributed by atoms with Gasteiger partial charge in [-0.3, -0.25) is 4.79 Å². The number of rotatable bonds is 1. The minimum Gasteiger partial charge on any atom is -0.357 e. The first-order valence-electron chi connectivity index (χ1n) is 7.61. The molecule has 22 heavy (non-hydrogen) atoms. The van der Waals surface area contributed by atoms with Crippen LogP contribution in [0, 0.1) is 0 Å². The fourth-order valence-corrected chi connectivity index (χ4v) is 3.36. The molecule has 1 aliphatic rings. The van der Waals surface area contributed by atoms with E-state index in [1.807, 2.05) is 18.5 Å². The van der Waals surface area contributed by atoms with E-state index in [9.17, 15) is 4.79 Å². The molecule has 1 aromatic carbocycles. The predicted octanol–water partition coefficient (Wildman–Crippen LogP) is 2.52. The fourth-order valence-electron chi connectivity index (χ4n) is 3.36. The molecule has 3 aromatic rings. The molecular weight excluding hydrogens is 274 g/mol. The average Bonchev–Trinajstić information content (AvgIpc) is 3.00. The number of pyridine rings is 1. The van der Waals surface area contributed by atoms with E-state index in [1.165, 1.54) is 16.7 Å². The van der Waals surface area contributed by atoms with Crippen LogP contribution in [0.2, 0.25) is 0 Å². The van der Waals surface area contributed by atoms with Gasteiger partial charge in [-0.25, -0.2) is 0 Å². The van der Waals surface area contributed by atoms with E-state index in [0.29, 0.717) is 5.52 Å². The molecule has 0 saturated heterocycles. The van der Waals surface area contributed by atoms with Gasteiger partial charge in [-0.1, -0.05) is 18.2 Å². The number of hydrogen-bond donors (Lipinski definition) is 1. The molecule has 0 radical (unpaired) electrons. The van der Waals surface area contributed by atoms with Gasteiger partial charge in [-0.15, -0.1) is 0 Å². The first-order valence-corrected chi connectivity index (χ1v) is 7.61. The lowest BCUT2D eigenvalue weighted by molar-refractivity contribution is 0.313. The summed E-state index contributed by atoms with van der Waals surface area (Å²) in [7, 11) is 3.96. The monoisotopic (exact) mass is 293 g/mol. The van der Waals surface area contributed by atoms with Gasteiger partial charge in [0.25, 0.3) is 5.56 Å². The highest BCUT2D eigenvalue weighted by Gasteiger charge is 2.15. The zero-order chi connectivity index (χ0) is 15.3. The van der Waals surface area contributed by atoms with Crippen LogP contribution >= 0.6 is 0 Å². The summed E-state index contributed by atoms with van der Waals surface area (Å²) in [6.45, 7) is 2.12. The molecule has 3 heterocycles. The molecule has 1 aliphatic heterocycles. The Morgan fingerprint density at radius 2 is 2.00 bits per heavy atom. The van der Waals surface area contributed by atoms with E-state index < -0.39 is 0 Å². The summed E-state index contributed by atoms with van der Waals surface area (Å²) in [5.74, 6) is 0. The SMILES string of the molecule is CN1CCc2cc(-c3cn(C)c(=O)c4[nH]ccc34)ccc2C1. The summed E-state index contributed by atoms with van der Waals surface area (Å²) in [5.41, 5.74) is 5.82. The van der Waals surface area contributed by atoms with Crippen LogP contribution in [0.15, 0.2) is 41.5 Å². The number of nitrogens with one attached hydrogen (secondary N) is 1. The third kappa shape index (κ3) is 1.99. The third-order valence-electron chi connectivity index (χ3n) is 4.61. The number of hydrogen-bond acceptors (Lipinski definition) is 2. The molecule has 112 valence electrons. The molecule has 4 rings (SSSR count). The van der Waals surface area contributed by atoms with Gasteiger partial charge >= 0.3 is 0 Å². The summed E-state index contributed by atoms with van der Waals surface area (Å²) in [6, 6.07) is 8.67. The molecule has 0 atom stereocenters. The van der Waals surface area contributed by atoms with Crippen molar-refractivity contribution in [1.29, 1.82) is 0 Å². The molecule has 0 unspecified atom stereocenters. The van der Waals surface area contributed by atoms with Gasteiger partial charge in [0.05, 0.1) is 0 Å². The summed E-state index contributed by atoms with van der Waals surface area (Å²) in [4.78, 5) is 17.6. The maximum atomic E-state index is 12.2. The second-order valence-corrected chi connectivity index (χ2v) is 6.20. The molecule has 4 heteroatoms. The van der Waals surface area contributed by atoms with Crippen molar-refractivity contribution in [3.8, 4) is 11.1 Å². The smallest absolute Gasteiger partial charge is 0.274 e. The Labute approximate surface area is 129 Å². The number of fused-ring (bicyclic) bond motifs is 2. The Balaban J connectivity index is 1.91. The molecule has 1 N–H and O–H groups in total. The second kappa shape index (κ2) is 4.85. The lowest BCUT2D eigenvalue weighted by atomic mass is 9.94. The van der Waals surface area contributed by atoms with E-state index in [-0.39, 0.29) is 5.56 Å². The number of benzene rings is 1. The Bertz CT molecular complexity index is 920. The molecule has 0 bridgehead atoms. The van der Waals surface area contributed by atoms with Crippen molar-refractivity contribution < 1.29 is 0 Å². The van der Waals surface area contributed by atoms with Crippen molar-refractivity contribution in [2.45, 2.75) is 13.0 Å². The zero-order valence-corrected chi connectivity index (χ0v) is 12.9. The standard InChI is InChI=1S/C18H19N3O/c1-20-8-6-12-9-13(3-4-14(12)10-20)16-11-21(2)18(22)17-15(16)5-7-19-17/h3-5,7,9,11,19H,6,8,10H2,1-2H3. The highest BCUT2D eigenvalue weighted by Crippen LogP contribution is 2.29. The van der Waals surface area contributed by atoms with Gasteiger partial charge in [0.2, 0.25) is 0 Å². The Morgan fingerprint density at radius 1 is 1.14 bits per heavy atom. The van der Waals surface area contributed by atoms with Crippen molar-refractivity contribution in [3.05, 3.63) is 58.1 Å². The normalized spacial score (nSPS) is 15.2. The second-order valence-electron chi connectivity index (χ2n) is 6.20. The molecule has 0 spiro atoms. The van der Waals surface area contributed by atoms with E-state index in [0.717, 1.165) is 30.5 Å². The number of aromatic nitrogens is 2. The summed E-state index contributed by atoms with van der Waals surface area (Å²) < 4.78 is 1.65. The number of aromatic amines is 1. The predicted molar refractivity (Wildman–Crippen MR) is 89.0 cm³/mol. The molecule has 0 amide bonds. The van der Waals surface area contributed by atoms with Crippen LogP contribution in [-0.4, -0.2) is 28.0 Å². The zero-order valence-electron chi connectivity index (χ0n) is 12.9. The van der Waals surface area contributed by atoms with Crippen LogP contribution in [0.5, 0.6) is 0 Å². The Morgan fingerprint density at radius 3 is 2.86 bits per heavy atom. The lowest BCUT2D eigenvalue weighted by Crippen LogP contribution is -2.26. The van der Waals surface area contributed by atoms with Crippen LogP contribution in [0.1, 0.15) is 11.1 Å². The maximum absolute atomic E-state index is 12.2. The van der Waals surface area contributed by atoms with Gasteiger partial charge in [0, 0.05) is 43.5 Å². The number of aryl methyl sites for hydroxylation is 1. The highest BCUT2D eigenvalue weighted by molar-refractivity contribution is 5.94. The molecule has 0 aliphatic carbocycles. The quantitative estimate of drug-likeness (QED) is 0.749. The van der Waals surface area contributed by atoms with Crippen LogP contribution < -0.4 is 5.56 Å². The minimum absolute atomic E-state index is 0.0170. The highest BCUT2D eigenvalue weighted by atomic mass is 16.1. The van der Waals surface area contributed by atoms with E-state index in [2.05, 4.69) is 35.1 Å². The van der Waals surface area contributed by atoms with Crippen molar-refractivity contribution in [2.24, 2.45) is 7.05 Å². The summed E-state index contributed by atoms with van der Waals surface area (Å²) >= 11 is 0. The van der Waals surface area contributed by atoms with E-state index in [1.54, 1.807) is 11.6 Å². The Hall–Kier alpha value is -2.33. The minimum atomic E-state index is 0.0170. The average molecular weight is 293 g/mol. The molecule has 0 fully saturated rings. The molecule has 2 aromatic heterocycles. The summed E-state index contributed by atoms with van der Waals surface area (Å²) in [6.07, 6.45) is 4.86. The fraction of sp³-hybridized carbons (Fsp3) is 0.278. The van der Waals surface area contributed by atoms with E-state index >= 15 is 0 Å². The molecule has 4 nitrogen and oxygen atoms in total. The third-order valence-corrected chi connectivity index (χ3v) is 4.61. The maximum Gasteiger partial charge on any atom is 0.274 e. The Kier molecular flexibility index (Phi) is 2.94. The molecule has 0 saturated carbocycles. The first kappa shape index (κ1) is 13.3. The van der Waals surface area contributed by atoms with Gasteiger partial charge in [0.1, 0.15) is 5.52 Å². The van der Waals surface area contributed by atoms with Crippen molar-refractivity contribution in [2.75, 3.05) is 13.6 Å². The number of nitrogens with zero attached hydrogens (tertiary/aromatic N) is 2. The summed E-state index contributed by atoms with van der Waals surface area (Å²) in [5, 5.41) is 0.996. The van der Waals surface area contributed by atoms with Crippen LogP contribution in [0.25, 0.3) is 22.0 Å². The van der Waals surface area contributed by atoms with Crippen LogP contribution in [-0.2, 0) is 20.0 Å².